The first-order chi connectivity index (χ1) is 9.72. The molecule has 1 N–H and O–H groups in total. The number of carbonyl (C=O) groups is 1. The van der Waals surface area contributed by atoms with Crippen LogP contribution >= 0.6 is 27.7 Å². The minimum atomic E-state index is 0.787. The van der Waals surface area contributed by atoms with E-state index in [9.17, 15) is 4.79 Å². The molecule has 0 aromatic carbocycles. The number of aromatic nitrogens is 2. The largest absolute Gasteiger partial charge is 0.346 e. The van der Waals surface area contributed by atoms with Crippen LogP contribution in [-0.2, 0) is 4.79 Å². The number of rotatable bonds is 5. The lowest BCUT2D eigenvalue weighted by Gasteiger charge is -2.08. The van der Waals surface area contributed by atoms with Gasteiger partial charge >= 0.3 is 0 Å². The highest BCUT2D eigenvalue weighted by Crippen LogP contribution is 2.37. The van der Waals surface area contributed by atoms with Crippen molar-refractivity contribution in [1.29, 1.82) is 0 Å². The van der Waals surface area contributed by atoms with E-state index in [2.05, 4.69) is 32.5 Å². The number of aromatic amines is 1. The Labute approximate surface area is 130 Å². The molecule has 2 aromatic heterocycles. The Morgan fingerprint density at radius 2 is 2.35 bits per heavy atom. The Morgan fingerprint density at radius 3 is 3.00 bits per heavy atom. The van der Waals surface area contributed by atoms with Crippen LogP contribution in [0.1, 0.15) is 18.1 Å². The van der Waals surface area contributed by atoms with E-state index in [1.807, 2.05) is 31.3 Å². The number of H-pyrrole nitrogens is 1. The summed E-state index contributed by atoms with van der Waals surface area (Å²) in [6.07, 6.45) is 9.29. The van der Waals surface area contributed by atoms with E-state index in [1.165, 1.54) is 0 Å². The van der Waals surface area contributed by atoms with Crippen molar-refractivity contribution < 1.29 is 4.79 Å². The zero-order valence-corrected chi connectivity index (χ0v) is 13.3. The summed E-state index contributed by atoms with van der Waals surface area (Å²) < 4.78 is 0.787. The predicted octanol–water partition coefficient (Wildman–Crippen LogP) is 4.77. The molecule has 20 heavy (non-hydrogen) atoms. The van der Waals surface area contributed by atoms with Crippen molar-refractivity contribution in [3.8, 4) is 0 Å². The summed E-state index contributed by atoms with van der Waals surface area (Å²) in [5, 5.41) is 0.994. The number of thioether (sulfide) groups is 1. The molecule has 0 aliphatic rings. The summed E-state index contributed by atoms with van der Waals surface area (Å²) in [6, 6.07) is 1.90. The minimum Gasteiger partial charge on any atom is -0.346 e. The van der Waals surface area contributed by atoms with E-state index >= 15 is 0 Å². The Kier molecular flexibility index (Phi) is 4.98. The number of pyridine rings is 1. The Morgan fingerprint density at radius 1 is 1.55 bits per heavy atom. The molecule has 2 rings (SSSR count). The van der Waals surface area contributed by atoms with Crippen molar-refractivity contribution >= 4 is 55.3 Å². The third kappa shape index (κ3) is 2.78. The van der Waals surface area contributed by atoms with Crippen molar-refractivity contribution in [3.63, 3.8) is 0 Å². The molecular formula is C15H13BrN2OS. The van der Waals surface area contributed by atoms with Crippen molar-refractivity contribution in [2.24, 2.45) is 0 Å². The summed E-state index contributed by atoms with van der Waals surface area (Å²) in [5.74, 6) is 0. The van der Waals surface area contributed by atoms with Gasteiger partial charge in [-0.1, -0.05) is 36.6 Å². The number of hydrogen-bond acceptors (Lipinski definition) is 3. The number of fused-ring (bicyclic) bond motifs is 1. The summed E-state index contributed by atoms with van der Waals surface area (Å²) in [7, 11) is 0. The second-order valence-electron chi connectivity index (χ2n) is 3.92. The quantitative estimate of drug-likeness (QED) is 0.625. The van der Waals surface area contributed by atoms with Gasteiger partial charge in [-0.15, -0.1) is 0 Å². The summed E-state index contributed by atoms with van der Waals surface area (Å²) in [6.45, 7) is 5.71. The molecule has 0 unspecified atom stereocenters. The molecule has 102 valence electrons. The monoisotopic (exact) mass is 348 g/mol. The topological polar surface area (TPSA) is 45.8 Å². The Hall–Kier alpha value is -1.59. The maximum Gasteiger partial charge on any atom is 0.181 e. The fraction of sp³-hybridized carbons (Fsp3) is 0.0667. The van der Waals surface area contributed by atoms with Crippen molar-refractivity contribution in [3.05, 3.63) is 52.8 Å². The molecule has 0 bridgehead atoms. The lowest BCUT2D eigenvalue weighted by atomic mass is 10.1. The van der Waals surface area contributed by atoms with Gasteiger partial charge in [0.25, 0.3) is 0 Å². The zero-order chi connectivity index (χ0) is 14.5. The van der Waals surface area contributed by atoms with Crippen LogP contribution in [0.2, 0.25) is 0 Å². The lowest BCUT2D eigenvalue weighted by molar-refractivity contribution is 0.570. The van der Waals surface area contributed by atoms with E-state index < -0.39 is 0 Å². The van der Waals surface area contributed by atoms with Gasteiger partial charge in [-0.2, -0.15) is 0 Å². The van der Waals surface area contributed by atoms with E-state index in [0.717, 1.165) is 48.9 Å². The standard InChI is InChI=1S/C15H13BrN2OS/c1-3-5-10-8-18-15-13(10)11(6-7-17-15)14(20-9-19)12(16)4-2/h3-9H,2H2,1H3,(H,17,18)/b5-3+,14-12+. The molecule has 0 amide bonds. The molecule has 0 aliphatic carbocycles. The average molecular weight is 349 g/mol. The first-order valence-electron chi connectivity index (χ1n) is 5.94. The van der Waals surface area contributed by atoms with E-state index in [-0.39, 0.29) is 0 Å². The smallest absolute Gasteiger partial charge is 0.181 e. The van der Waals surface area contributed by atoms with Gasteiger partial charge in [-0.3, -0.25) is 4.79 Å². The number of halogens is 1. The molecule has 5 heteroatoms. The second-order valence-corrected chi connectivity index (χ2v) is 5.61. The first kappa shape index (κ1) is 14.8. The van der Waals surface area contributed by atoms with Crippen LogP contribution in [0.5, 0.6) is 0 Å². The van der Waals surface area contributed by atoms with Gasteiger partial charge in [0.05, 0.1) is 0 Å². The van der Waals surface area contributed by atoms with Gasteiger partial charge in [0.15, 0.2) is 5.62 Å². The highest BCUT2D eigenvalue weighted by atomic mass is 79.9. The maximum absolute atomic E-state index is 10.9. The predicted molar refractivity (Wildman–Crippen MR) is 91.2 cm³/mol. The second kappa shape index (κ2) is 6.72. The van der Waals surface area contributed by atoms with Crippen molar-refractivity contribution in [2.45, 2.75) is 6.92 Å². The third-order valence-corrected chi connectivity index (χ3v) is 4.51. The van der Waals surface area contributed by atoms with Gasteiger partial charge in [0, 0.05) is 38.3 Å². The zero-order valence-electron chi connectivity index (χ0n) is 10.9. The van der Waals surface area contributed by atoms with Crippen LogP contribution in [0, 0.1) is 0 Å². The van der Waals surface area contributed by atoms with Crippen molar-refractivity contribution in [1.82, 2.24) is 9.97 Å². The number of allylic oxidation sites excluding steroid dienone is 3. The average Bonchev–Trinajstić information content (AvgIpc) is 2.88. The van der Waals surface area contributed by atoms with Gasteiger partial charge < -0.3 is 4.98 Å². The first-order valence-corrected chi connectivity index (χ1v) is 7.61. The molecule has 0 spiro atoms. The Balaban J connectivity index is 2.78. The van der Waals surface area contributed by atoms with Crippen LogP contribution in [-0.4, -0.2) is 15.6 Å². The summed E-state index contributed by atoms with van der Waals surface area (Å²) >= 11 is 4.57. The van der Waals surface area contributed by atoms with Gasteiger partial charge in [0.2, 0.25) is 0 Å². The van der Waals surface area contributed by atoms with Gasteiger partial charge in [-0.05, 0) is 28.9 Å². The van der Waals surface area contributed by atoms with E-state index in [0.29, 0.717) is 0 Å². The number of hydrogen-bond donors (Lipinski definition) is 1. The molecule has 0 atom stereocenters. The Bertz CT molecular complexity index is 716. The van der Waals surface area contributed by atoms with Gasteiger partial charge in [0.1, 0.15) is 5.65 Å². The fourth-order valence-corrected chi connectivity index (χ4v) is 3.05. The molecule has 0 aliphatic heterocycles. The molecule has 2 aromatic rings. The van der Waals surface area contributed by atoms with Crippen LogP contribution in [0.4, 0.5) is 0 Å². The minimum absolute atomic E-state index is 0.787. The molecular weight excluding hydrogens is 336 g/mol. The van der Waals surface area contributed by atoms with Crippen LogP contribution in [0.15, 0.2) is 41.7 Å². The van der Waals surface area contributed by atoms with Gasteiger partial charge in [-0.25, -0.2) is 4.98 Å². The molecule has 0 radical (unpaired) electrons. The maximum atomic E-state index is 10.9. The SMILES string of the molecule is C=C/C(Br)=C(\SC=O)c1ccnc2[nH]cc(/C=C/C)c12. The number of nitrogens with one attached hydrogen (secondary N) is 1. The molecule has 3 nitrogen and oxygen atoms in total. The van der Waals surface area contributed by atoms with Crippen molar-refractivity contribution in [2.75, 3.05) is 0 Å². The number of carbonyl (C=O) groups excluding carboxylic acids is 1. The number of nitrogens with zero attached hydrogens (tertiary/aromatic N) is 1. The third-order valence-electron chi connectivity index (χ3n) is 2.76. The summed E-state index contributed by atoms with van der Waals surface area (Å²) in [4.78, 5) is 19.2. The van der Waals surface area contributed by atoms with E-state index in [4.69, 9.17) is 0 Å². The molecule has 0 saturated heterocycles. The fourth-order valence-electron chi connectivity index (χ4n) is 1.97. The highest BCUT2D eigenvalue weighted by molar-refractivity contribution is 9.12. The lowest BCUT2D eigenvalue weighted by Crippen LogP contribution is -1.88. The summed E-state index contributed by atoms with van der Waals surface area (Å²) in [5.41, 5.74) is 3.60. The normalized spacial score (nSPS) is 12.7. The molecule has 0 saturated carbocycles. The molecule has 2 heterocycles. The van der Waals surface area contributed by atoms with Crippen LogP contribution in [0.3, 0.4) is 0 Å². The van der Waals surface area contributed by atoms with Crippen LogP contribution < -0.4 is 0 Å². The highest BCUT2D eigenvalue weighted by Gasteiger charge is 2.14. The molecule has 0 fully saturated rings. The van der Waals surface area contributed by atoms with Crippen LogP contribution in [0.25, 0.3) is 22.0 Å². The van der Waals surface area contributed by atoms with E-state index in [1.54, 1.807) is 12.3 Å².